The fourth-order valence-corrected chi connectivity index (χ4v) is 3.54. The van der Waals surface area contributed by atoms with E-state index in [2.05, 4.69) is 10.3 Å². The zero-order chi connectivity index (χ0) is 18.7. The highest BCUT2D eigenvalue weighted by Gasteiger charge is 2.35. The van der Waals surface area contributed by atoms with E-state index in [9.17, 15) is 9.59 Å². The Balaban J connectivity index is 1.51. The summed E-state index contributed by atoms with van der Waals surface area (Å²) in [5, 5.41) is 3.58. The van der Waals surface area contributed by atoms with Gasteiger partial charge in [0.1, 0.15) is 17.2 Å². The molecule has 1 aromatic carbocycles. The van der Waals surface area contributed by atoms with Gasteiger partial charge >= 0.3 is 12.1 Å². The number of fused-ring (bicyclic) bond motifs is 1. The molecule has 0 radical (unpaired) electrons. The molecule has 1 amide bonds. The molecule has 1 aromatic heterocycles. The van der Waals surface area contributed by atoms with Gasteiger partial charge in [-0.2, -0.15) is 0 Å². The van der Waals surface area contributed by atoms with Crippen molar-refractivity contribution in [2.45, 2.75) is 58.3 Å². The van der Waals surface area contributed by atoms with Crippen molar-refractivity contribution in [2.75, 3.05) is 0 Å². The maximum Gasteiger partial charge on any atom is 0.407 e. The monoisotopic (exact) mass is 376 g/mol. The number of carbonyl (C=O) groups is 2. The molecule has 0 aliphatic heterocycles. The summed E-state index contributed by atoms with van der Waals surface area (Å²) in [7, 11) is 0. The fourth-order valence-electron chi connectivity index (χ4n) is 2.66. The van der Waals surface area contributed by atoms with Gasteiger partial charge in [-0.3, -0.25) is 4.79 Å². The molecule has 2 aromatic rings. The minimum absolute atomic E-state index is 0.148. The van der Waals surface area contributed by atoms with Crippen molar-refractivity contribution in [3.8, 4) is 0 Å². The number of amides is 1. The van der Waals surface area contributed by atoms with Crippen molar-refractivity contribution in [1.29, 1.82) is 0 Å². The smallest absolute Gasteiger partial charge is 0.407 e. The summed E-state index contributed by atoms with van der Waals surface area (Å²) in [6.07, 6.45) is 1.67. The molecule has 1 N–H and O–H groups in total. The number of esters is 1. The number of hydrogen-bond donors (Lipinski definition) is 1. The summed E-state index contributed by atoms with van der Waals surface area (Å²) in [5.41, 5.74) is 0.344. The Hall–Kier alpha value is -2.15. The van der Waals surface area contributed by atoms with Crippen molar-refractivity contribution in [1.82, 2.24) is 10.3 Å². The van der Waals surface area contributed by atoms with Crippen molar-refractivity contribution in [3.63, 3.8) is 0 Å². The lowest BCUT2D eigenvalue weighted by atomic mass is 10.1. The van der Waals surface area contributed by atoms with E-state index >= 15 is 0 Å². The summed E-state index contributed by atoms with van der Waals surface area (Å²) in [5.74, 6) is -0.0188. The van der Waals surface area contributed by atoms with Crippen molar-refractivity contribution >= 4 is 33.6 Å². The summed E-state index contributed by atoms with van der Waals surface area (Å²) >= 11 is 1.52. The number of para-hydroxylation sites is 1. The average Bonchev–Trinajstić information content (AvgIpc) is 3.30. The quantitative estimate of drug-likeness (QED) is 0.770. The van der Waals surface area contributed by atoms with Gasteiger partial charge in [-0.05, 0) is 51.7 Å². The van der Waals surface area contributed by atoms with Crippen LogP contribution in [-0.4, -0.2) is 28.7 Å². The average molecular weight is 376 g/mol. The van der Waals surface area contributed by atoms with Gasteiger partial charge in [0.15, 0.2) is 0 Å². The molecule has 140 valence electrons. The van der Waals surface area contributed by atoms with Crippen LogP contribution in [0.1, 0.15) is 45.0 Å². The maximum absolute atomic E-state index is 12.2. The minimum Gasteiger partial charge on any atom is -0.458 e. The lowest BCUT2D eigenvalue weighted by molar-refractivity contribution is -0.145. The van der Waals surface area contributed by atoms with Crippen LogP contribution in [0.5, 0.6) is 0 Å². The molecule has 0 unspecified atom stereocenters. The second-order valence-corrected chi connectivity index (χ2v) is 8.65. The van der Waals surface area contributed by atoms with Crippen LogP contribution in [0, 0.1) is 5.92 Å². The summed E-state index contributed by atoms with van der Waals surface area (Å²) < 4.78 is 11.7. The number of carbonyl (C=O) groups excluding carboxylic acids is 2. The predicted molar refractivity (Wildman–Crippen MR) is 99.9 cm³/mol. The van der Waals surface area contributed by atoms with E-state index in [4.69, 9.17) is 9.47 Å². The molecular weight excluding hydrogens is 352 g/mol. The van der Waals surface area contributed by atoms with E-state index < -0.39 is 11.7 Å². The standard InChI is InChI=1S/C19H24N2O4S/c1-19(2,3)25-18(23)21-14(12-8-9-12)10-17(22)24-11-16-20-13-6-4-5-7-15(13)26-16/h4-7,12,14H,8-11H2,1-3H3,(H,21,23)/t14-/m0/s1. The maximum atomic E-state index is 12.2. The Morgan fingerprint density at radius 3 is 2.69 bits per heavy atom. The molecule has 1 saturated carbocycles. The van der Waals surface area contributed by atoms with Gasteiger partial charge in [-0.25, -0.2) is 9.78 Å². The lowest BCUT2D eigenvalue weighted by Crippen LogP contribution is -2.41. The first-order valence-electron chi connectivity index (χ1n) is 8.80. The Kier molecular flexibility index (Phi) is 5.46. The molecule has 0 spiro atoms. The van der Waals surface area contributed by atoms with Gasteiger partial charge in [0.2, 0.25) is 0 Å². The zero-order valence-electron chi connectivity index (χ0n) is 15.3. The van der Waals surface area contributed by atoms with Crippen LogP contribution in [0.25, 0.3) is 10.2 Å². The number of benzene rings is 1. The van der Waals surface area contributed by atoms with E-state index in [0.29, 0.717) is 5.92 Å². The van der Waals surface area contributed by atoms with Crippen LogP contribution in [0.2, 0.25) is 0 Å². The SMILES string of the molecule is CC(C)(C)OC(=O)N[C@@H](CC(=O)OCc1nc2ccccc2s1)C1CC1. The molecule has 26 heavy (non-hydrogen) atoms. The van der Waals surface area contributed by atoms with Crippen molar-refractivity contribution in [2.24, 2.45) is 5.92 Å². The first kappa shape index (κ1) is 18.6. The second kappa shape index (κ2) is 7.61. The zero-order valence-corrected chi connectivity index (χ0v) is 16.1. The molecular formula is C19H24N2O4S. The van der Waals surface area contributed by atoms with E-state index in [1.165, 1.54) is 11.3 Å². The Morgan fingerprint density at radius 2 is 2.04 bits per heavy atom. The predicted octanol–water partition coefficient (Wildman–Crippen LogP) is 4.03. The van der Waals surface area contributed by atoms with Gasteiger partial charge in [-0.1, -0.05) is 12.1 Å². The molecule has 7 heteroatoms. The molecule has 1 fully saturated rings. The van der Waals surface area contributed by atoms with Crippen molar-refractivity contribution < 1.29 is 19.1 Å². The van der Waals surface area contributed by atoms with Gasteiger partial charge in [0.05, 0.1) is 16.6 Å². The van der Waals surface area contributed by atoms with Gasteiger partial charge in [-0.15, -0.1) is 11.3 Å². The van der Waals surface area contributed by atoms with Gasteiger partial charge in [0, 0.05) is 6.04 Å². The number of nitrogens with one attached hydrogen (secondary N) is 1. The van der Waals surface area contributed by atoms with E-state index in [-0.39, 0.29) is 25.0 Å². The summed E-state index contributed by atoms with van der Waals surface area (Å²) in [4.78, 5) is 28.6. The third-order valence-electron chi connectivity index (χ3n) is 3.97. The largest absolute Gasteiger partial charge is 0.458 e. The number of hydrogen-bond acceptors (Lipinski definition) is 6. The van der Waals surface area contributed by atoms with Gasteiger partial charge < -0.3 is 14.8 Å². The number of alkyl carbamates (subject to hydrolysis) is 1. The Bertz CT molecular complexity index is 759. The third-order valence-corrected chi connectivity index (χ3v) is 4.98. The molecule has 3 rings (SSSR count). The fraction of sp³-hybridized carbons (Fsp3) is 0.526. The molecule has 1 aliphatic rings. The van der Waals surface area contributed by atoms with Gasteiger partial charge in [0.25, 0.3) is 0 Å². The topological polar surface area (TPSA) is 77.5 Å². The highest BCUT2D eigenvalue weighted by atomic mass is 32.1. The number of aromatic nitrogens is 1. The van der Waals surface area contributed by atoms with Crippen LogP contribution in [0.15, 0.2) is 24.3 Å². The third kappa shape index (κ3) is 5.42. The molecule has 0 saturated heterocycles. The molecule has 0 bridgehead atoms. The second-order valence-electron chi connectivity index (χ2n) is 7.53. The summed E-state index contributed by atoms with van der Waals surface area (Å²) in [6.45, 7) is 5.59. The summed E-state index contributed by atoms with van der Waals surface area (Å²) in [6, 6.07) is 7.57. The van der Waals surface area contributed by atoms with E-state index in [0.717, 1.165) is 28.1 Å². The number of rotatable bonds is 6. The van der Waals surface area contributed by atoms with E-state index in [1.807, 2.05) is 45.0 Å². The molecule has 1 heterocycles. The normalized spacial score (nSPS) is 15.5. The number of nitrogens with zero attached hydrogens (tertiary/aromatic N) is 1. The van der Waals surface area contributed by atoms with Crippen LogP contribution < -0.4 is 5.32 Å². The van der Waals surface area contributed by atoms with Crippen molar-refractivity contribution in [3.05, 3.63) is 29.3 Å². The van der Waals surface area contributed by atoms with Crippen LogP contribution in [0.4, 0.5) is 4.79 Å². The number of thiazole rings is 1. The molecule has 1 atom stereocenters. The first-order valence-corrected chi connectivity index (χ1v) is 9.61. The lowest BCUT2D eigenvalue weighted by Gasteiger charge is -2.23. The van der Waals surface area contributed by atoms with Crippen LogP contribution >= 0.6 is 11.3 Å². The van der Waals surface area contributed by atoms with Crippen LogP contribution in [-0.2, 0) is 20.9 Å². The highest BCUT2D eigenvalue weighted by molar-refractivity contribution is 7.18. The number of ether oxygens (including phenoxy) is 2. The molecule has 6 nitrogen and oxygen atoms in total. The van der Waals surface area contributed by atoms with E-state index in [1.54, 1.807) is 0 Å². The Morgan fingerprint density at radius 1 is 1.31 bits per heavy atom. The molecule has 1 aliphatic carbocycles. The Labute approximate surface area is 156 Å². The van der Waals surface area contributed by atoms with Crippen LogP contribution in [0.3, 0.4) is 0 Å². The minimum atomic E-state index is -0.564. The highest BCUT2D eigenvalue weighted by Crippen LogP contribution is 2.34. The first-order chi connectivity index (χ1) is 12.3.